The van der Waals surface area contributed by atoms with E-state index < -0.39 is 5.97 Å². The molecule has 1 fully saturated rings. The number of benzene rings is 1. The number of likely N-dealkylation sites (tertiary alicyclic amines) is 1. The molecule has 2 rings (SSSR count). The molecule has 1 aliphatic heterocycles. The fourth-order valence-electron chi connectivity index (χ4n) is 2.42. The average molecular weight is 381 g/mol. The molecule has 0 atom stereocenters. The van der Waals surface area contributed by atoms with E-state index in [4.69, 9.17) is 17.0 Å². The standard InChI is InChI=1S/C18H24N2O3S2/c1-13-3-5-15(6-4-13)19-16(21)11-23-17(22)12-25-18(24)20-9-7-14(2)8-10-20/h3-6,14H,7-12H2,1-2H3,(H,19,21). The highest BCUT2D eigenvalue weighted by molar-refractivity contribution is 8.23. The SMILES string of the molecule is Cc1ccc(NC(=O)COC(=O)CSC(=S)N2CCC(C)CC2)cc1. The molecule has 0 spiro atoms. The van der Waals surface area contributed by atoms with Gasteiger partial charge in [-0.15, -0.1) is 0 Å². The Kier molecular flexibility index (Phi) is 7.71. The van der Waals surface area contributed by atoms with Gasteiger partial charge in [0, 0.05) is 18.8 Å². The maximum Gasteiger partial charge on any atom is 0.316 e. The number of nitrogens with zero attached hydrogens (tertiary/aromatic N) is 1. The molecular formula is C18H24N2O3S2. The molecular weight excluding hydrogens is 356 g/mol. The first-order chi connectivity index (χ1) is 11.9. The zero-order chi connectivity index (χ0) is 18.2. The fraction of sp³-hybridized carbons (Fsp3) is 0.500. The molecule has 0 saturated carbocycles. The number of anilines is 1. The summed E-state index contributed by atoms with van der Waals surface area (Å²) in [5.41, 5.74) is 1.79. The monoisotopic (exact) mass is 380 g/mol. The molecule has 1 amide bonds. The second kappa shape index (κ2) is 9.77. The highest BCUT2D eigenvalue weighted by atomic mass is 32.2. The van der Waals surface area contributed by atoms with Crippen LogP contribution in [0.2, 0.25) is 0 Å². The number of ether oxygens (including phenoxy) is 1. The molecule has 0 aromatic heterocycles. The maximum atomic E-state index is 11.8. The molecule has 0 bridgehead atoms. The van der Waals surface area contributed by atoms with E-state index in [1.807, 2.05) is 31.2 Å². The topological polar surface area (TPSA) is 58.6 Å². The summed E-state index contributed by atoms with van der Waals surface area (Å²) >= 11 is 6.67. The summed E-state index contributed by atoms with van der Waals surface area (Å²) < 4.78 is 5.73. The van der Waals surface area contributed by atoms with Crippen LogP contribution in [0.1, 0.15) is 25.3 Å². The number of esters is 1. The van der Waals surface area contributed by atoms with E-state index in [2.05, 4.69) is 17.1 Å². The predicted octanol–water partition coefficient (Wildman–Crippen LogP) is 3.23. The van der Waals surface area contributed by atoms with Crippen LogP contribution < -0.4 is 5.32 Å². The van der Waals surface area contributed by atoms with E-state index in [0.717, 1.165) is 41.7 Å². The van der Waals surface area contributed by atoms with Crippen molar-refractivity contribution in [3.63, 3.8) is 0 Å². The number of rotatable bonds is 5. The van der Waals surface area contributed by atoms with Gasteiger partial charge in [0.15, 0.2) is 6.61 Å². The lowest BCUT2D eigenvalue weighted by molar-refractivity contribution is -0.144. The van der Waals surface area contributed by atoms with Crippen molar-refractivity contribution in [2.24, 2.45) is 5.92 Å². The van der Waals surface area contributed by atoms with Crippen LogP contribution >= 0.6 is 24.0 Å². The van der Waals surface area contributed by atoms with Crippen LogP contribution in [-0.4, -0.2) is 46.5 Å². The minimum absolute atomic E-state index is 0.128. The summed E-state index contributed by atoms with van der Waals surface area (Å²) in [5, 5.41) is 2.69. The summed E-state index contributed by atoms with van der Waals surface area (Å²) in [6, 6.07) is 7.42. The van der Waals surface area contributed by atoms with Crippen molar-refractivity contribution >= 4 is 45.9 Å². The number of carbonyl (C=O) groups is 2. The summed E-state index contributed by atoms with van der Waals surface area (Å²) in [6.07, 6.45) is 2.26. The van der Waals surface area contributed by atoms with Gasteiger partial charge in [-0.1, -0.05) is 48.6 Å². The van der Waals surface area contributed by atoms with Gasteiger partial charge in [-0.3, -0.25) is 9.59 Å². The molecule has 0 aliphatic carbocycles. The first-order valence-corrected chi connectivity index (χ1v) is 9.77. The Bertz CT molecular complexity index is 611. The van der Waals surface area contributed by atoms with Crippen LogP contribution in [0.3, 0.4) is 0 Å². The third-order valence-electron chi connectivity index (χ3n) is 4.05. The molecule has 1 saturated heterocycles. The second-order valence-electron chi connectivity index (χ2n) is 6.30. The number of hydrogen-bond donors (Lipinski definition) is 1. The lowest BCUT2D eigenvalue weighted by atomic mass is 10.00. The van der Waals surface area contributed by atoms with Gasteiger partial charge in [0.1, 0.15) is 4.32 Å². The number of amides is 1. The Hall–Kier alpha value is -1.60. The summed E-state index contributed by atoms with van der Waals surface area (Å²) in [7, 11) is 0. The quantitative estimate of drug-likeness (QED) is 0.625. The van der Waals surface area contributed by atoms with Gasteiger partial charge in [-0.25, -0.2) is 0 Å². The first-order valence-electron chi connectivity index (χ1n) is 8.38. The second-order valence-corrected chi connectivity index (χ2v) is 7.91. The van der Waals surface area contributed by atoms with E-state index in [-0.39, 0.29) is 18.3 Å². The van der Waals surface area contributed by atoms with Gasteiger partial charge < -0.3 is 15.0 Å². The summed E-state index contributed by atoms with van der Waals surface area (Å²) in [6.45, 7) is 5.82. The number of thiocarbonyl (C=S) groups is 1. The number of carbonyl (C=O) groups excluding carboxylic acids is 2. The number of piperidine rings is 1. The molecule has 136 valence electrons. The van der Waals surface area contributed by atoms with Crippen LogP contribution in [0.15, 0.2) is 24.3 Å². The predicted molar refractivity (Wildman–Crippen MR) is 106 cm³/mol. The lowest BCUT2D eigenvalue weighted by Crippen LogP contribution is -2.35. The highest BCUT2D eigenvalue weighted by Crippen LogP contribution is 2.20. The largest absolute Gasteiger partial charge is 0.455 e. The molecule has 1 heterocycles. The van der Waals surface area contributed by atoms with Crippen molar-refractivity contribution in [2.75, 3.05) is 30.8 Å². The van der Waals surface area contributed by atoms with E-state index in [1.165, 1.54) is 11.8 Å². The fourth-order valence-corrected chi connectivity index (χ4v) is 3.47. The minimum atomic E-state index is -0.434. The van der Waals surface area contributed by atoms with Crippen LogP contribution in [0.25, 0.3) is 0 Å². The zero-order valence-electron chi connectivity index (χ0n) is 14.6. The molecule has 25 heavy (non-hydrogen) atoms. The average Bonchev–Trinajstić information content (AvgIpc) is 2.60. The van der Waals surface area contributed by atoms with E-state index in [9.17, 15) is 9.59 Å². The molecule has 7 heteroatoms. The maximum absolute atomic E-state index is 11.8. The van der Waals surface area contributed by atoms with Gasteiger partial charge in [0.2, 0.25) is 0 Å². The van der Waals surface area contributed by atoms with Crippen LogP contribution in [0.4, 0.5) is 5.69 Å². The molecule has 5 nitrogen and oxygen atoms in total. The molecule has 1 aromatic carbocycles. The van der Waals surface area contributed by atoms with Crippen LogP contribution in [0, 0.1) is 12.8 Å². The Morgan fingerprint density at radius 1 is 1.28 bits per heavy atom. The Balaban J connectivity index is 1.64. The third kappa shape index (κ3) is 7.04. The number of thioether (sulfide) groups is 1. The van der Waals surface area contributed by atoms with E-state index in [1.54, 1.807) is 0 Å². The molecule has 0 radical (unpaired) electrons. The van der Waals surface area contributed by atoms with Gasteiger partial charge in [-0.2, -0.15) is 0 Å². The van der Waals surface area contributed by atoms with Crippen molar-refractivity contribution in [2.45, 2.75) is 26.7 Å². The first kappa shape index (κ1) is 19.7. The van der Waals surface area contributed by atoms with Crippen molar-refractivity contribution in [1.29, 1.82) is 0 Å². The smallest absolute Gasteiger partial charge is 0.316 e. The van der Waals surface area contributed by atoms with Crippen LogP contribution in [0.5, 0.6) is 0 Å². The number of nitrogens with one attached hydrogen (secondary N) is 1. The molecule has 1 aliphatic rings. The molecule has 1 aromatic rings. The van der Waals surface area contributed by atoms with E-state index >= 15 is 0 Å². The van der Waals surface area contributed by atoms with Gasteiger partial charge in [0.25, 0.3) is 5.91 Å². The van der Waals surface area contributed by atoms with Gasteiger partial charge in [-0.05, 0) is 37.8 Å². The Morgan fingerprint density at radius 3 is 2.56 bits per heavy atom. The van der Waals surface area contributed by atoms with E-state index in [0.29, 0.717) is 5.69 Å². The van der Waals surface area contributed by atoms with Gasteiger partial charge >= 0.3 is 5.97 Å². The van der Waals surface area contributed by atoms with Gasteiger partial charge in [0.05, 0.1) is 5.75 Å². The normalized spacial score (nSPS) is 14.9. The minimum Gasteiger partial charge on any atom is -0.455 e. The van der Waals surface area contributed by atoms with Crippen molar-refractivity contribution in [1.82, 2.24) is 4.90 Å². The van der Waals surface area contributed by atoms with Crippen molar-refractivity contribution < 1.29 is 14.3 Å². The molecule has 0 unspecified atom stereocenters. The number of hydrogen-bond acceptors (Lipinski definition) is 5. The Morgan fingerprint density at radius 2 is 1.92 bits per heavy atom. The number of aryl methyl sites for hydroxylation is 1. The summed E-state index contributed by atoms with van der Waals surface area (Å²) in [5.74, 6) is 0.0792. The highest BCUT2D eigenvalue weighted by Gasteiger charge is 2.19. The Labute approximate surface area is 158 Å². The third-order valence-corrected chi connectivity index (χ3v) is 5.55. The van der Waals surface area contributed by atoms with Crippen molar-refractivity contribution in [3.05, 3.63) is 29.8 Å². The molecule has 1 N–H and O–H groups in total. The summed E-state index contributed by atoms with van der Waals surface area (Å²) in [4.78, 5) is 25.7. The van der Waals surface area contributed by atoms with Crippen molar-refractivity contribution in [3.8, 4) is 0 Å². The zero-order valence-corrected chi connectivity index (χ0v) is 16.3. The lowest BCUT2D eigenvalue weighted by Gasteiger charge is -2.31. The van der Waals surface area contributed by atoms with Crippen LogP contribution in [-0.2, 0) is 14.3 Å².